The summed E-state index contributed by atoms with van der Waals surface area (Å²) in [5, 5.41) is 25.0. The van der Waals surface area contributed by atoms with E-state index < -0.39 is 5.41 Å². The van der Waals surface area contributed by atoms with Crippen LogP contribution in [0.3, 0.4) is 0 Å². The molecule has 1 heterocycles. The van der Waals surface area contributed by atoms with E-state index in [1.54, 1.807) is 12.1 Å². The fourth-order valence-corrected chi connectivity index (χ4v) is 6.83. The van der Waals surface area contributed by atoms with Crippen LogP contribution in [0.1, 0.15) is 67.2 Å². The molecule has 1 fully saturated rings. The van der Waals surface area contributed by atoms with E-state index in [0.717, 1.165) is 44.2 Å². The van der Waals surface area contributed by atoms with Crippen molar-refractivity contribution in [2.24, 2.45) is 0 Å². The van der Waals surface area contributed by atoms with Gasteiger partial charge in [-0.3, -0.25) is 0 Å². The molecule has 2 N–H and O–H groups in total. The lowest BCUT2D eigenvalue weighted by atomic mass is 9.66. The Kier molecular flexibility index (Phi) is 4.97. The summed E-state index contributed by atoms with van der Waals surface area (Å²) in [7, 11) is 0. The van der Waals surface area contributed by atoms with Crippen LogP contribution in [0.25, 0.3) is 21.5 Å². The summed E-state index contributed by atoms with van der Waals surface area (Å²) < 4.78 is 6.55. The van der Waals surface area contributed by atoms with Crippen molar-refractivity contribution < 1.29 is 14.9 Å². The Morgan fingerprint density at radius 3 is 1.70 bits per heavy atom. The molecule has 0 aromatic heterocycles. The molecule has 0 spiro atoms. The molecular formula is C34H30O3. The summed E-state index contributed by atoms with van der Waals surface area (Å²) in [6, 6.07) is 28.5. The summed E-state index contributed by atoms with van der Waals surface area (Å²) in [6.07, 6.45) is 6.51. The lowest BCUT2D eigenvalue weighted by molar-refractivity contribution is 0.431. The van der Waals surface area contributed by atoms with Gasteiger partial charge in [-0.15, -0.1) is 0 Å². The van der Waals surface area contributed by atoms with Crippen molar-refractivity contribution in [1.29, 1.82) is 0 Å². The second-order valence-electron chi connectivity index (χ2n) is 10.9. The van der Waals surface area contributed by atoms with Crippen molar-refractivity contribution in [2.75, 3.05) is 0 Å². The predicted molar refractivity (Wildman–Crippen MR) is 149 cm³/mol. The molecule has 0 bridgehead atoms. The van der Waals surface area contributed by atoms with E-state index in [2.05, 4.69) is 43.3 Å². The molecule has 1 saturated carbocycles. The lowest BCUT2D eigenvalue weighted by Gasteiger charge is -2.40. The predicted octanol–water partition coefficient (Wildman–Crippen LogP) is 8.91. The van der Waals surface area contributed by atoms with Crippen LogP contribution in [0, 0.1) is 0 Å². The quantitative estimate of drug-likeness (QED) is 0.262. The van der Waals surface area contributed by atoms with Crippen LogP contribution in [-0.2, 0) is 5.41 Å². The van der Waals surface area contributed by atoms with Crippen LogP contribution in [0.5, 0.6) is 23.0 Å². The van der Waals surface area contributed by atoms with Gasteiger partial charge in [-0.2, -0.15) is 0 Å². The second-order valence-corrected chi connectivity index (χ2v) is 10.9. The van der Waals surface area contributed by atoms with Crippen LogP contribution < -0.4 is 4.74 Å². The summed E-state index contributed by atoms with van der Waals surface area (Å²) in [4.78, 5) is 0. The Morgan fingerprint density at radius 1 is 0.649 bits per heavy atom. The molecule has 0 atom stereocenters. The minimum Gasteiger partial charge on any atom is -0.508 e. The fraction of sp³-hybridized carbons (Fsp3) is 0.235. The standard InChI is InChI=1S/C34H30O3/c1-34(25-13-7-22(8-14-25)21-5-3-2-4-6-21)32-28-19-26(35)15-9-23(28)11-17-30(32)37-31-18-12-24-10-16-27(36)20-29(24)33(31)34/h7-21,35-36H,2-6H2,1H3. The van der Waals surface area contributed by atoms with Gasteiger partial charge in [0.2, 0.25) is 0 Å². The van der Waals surface area contributed by atoms with Gasteiger partial charge in [0, 0.05) is 11.1 Å². The number of benzene rings is 5. The maximum Gasteiger partial charge on any atom is 0.132 e. The second kappa shape index (κ2) is 8.27. The minimum absolute atomic E-state index is 0.234. The lowest BCUT2D eigenvalue weighted by Crippen LogP contribution is -2.30. The highest BCUT2D eigenvalue weighted by Gasteiger charge is 2.42. The van der Waals surface area contributed by atoms with Crippen LogP contribution in [0.4, 0.5) is 0 Å². The largest absolute Gasteiger partial charge is 0.508 e. The zero-order chi connectivity index (χ0) is 25.1. The molecule has 5 aromatic carbocycles. The molecule has 0 saturated heterocycles. The zero-order valence-electron chi connectivity index (χ0n) is 21.0. The molecule has 184 valence electrons. The number of hydrogen-bond donors (Lipinski definition) is 2. The van der Waals surface area contributed by atoms with Gasteiger partial charge >= 0.3 is 0 Å². The number of hydrogen-bond acceptors (Lipinski definition) is 3. The summed E-state index contributed by atoms with van der Waals surface area (Å²) >= 11 is 0. The first kappa shape index (κ1) is 22.2. The minimum atomic E-state index is -0.575. The van der Waals surface area contributed by atoms with Crippen molar-refractivity contribution in [2.45, 2.75) is 50.4 Å². The third-order valence-corrected chi connectivity index (χ3v) is 8.72. The number of ether oxygens (including phenoxy) is 1. The molecule has 3 heteroatoms. The molecule has 2 aliphatic rings. The first-order chi connectivity index (χ1) is 18.0. The third-order valence-electron chi connectivity index (χ3n) is 8.72. The smallest absolute Gasteiger partial charge is 0.132 e. The van der Waals surface area contributed by atoms with E-state index in [1.807, 2.05) is 36.4 Å². The Balaban J connectivity index is 1.53. The molecule has 3 nitrogen and oxygen atoms in total. The maximum absolute atomic E-state index is 10.5. The van der Waals surface area contributed by atoms with Gasteiger partial charge < -0.3 is 14.9 Å². The summed E-state index contributed by atoms with van der Waals surface area (Å²) in [5.41, 5.74) is 4.09. The molecule has 37 heavy (non-hydrogen) atoms. The number of phenolic OH excluding ortho intramolecular Hbond substituents is 2. The zero-order valence-corrected chi connectivity index (χ0v) is 21.0. The molecule has 5 aromatic rings. The van der Waals surface area contributed by atoms with Crippen molar-refractivity contribution in [3.8, 4) is 23.0 Å². The molecule has 7 rings (SSSR count). The van der Waals surface area contributed by atoms with Gasteiger partial charge in [0.1, 0.15) is 23.0 Å². The molecule has 1 aliphatic heterocycles. The highest BCUT2D eigenvalue weighted by Crippen LogP contribution is 2.56. The van der Waals surface area contributed by atoms with Crippen LogP contribution in [0.2, 0.25) is 0 Å². The van der Waals surface area contributed by atoms with Gasteiger partial charge in [0.15, 0.2) is 0 Å². The molecule has 0 amide bonds. The fourth-order valence-electron chi connectivity index (χ4n) is 6.83. The normalized spacial score (nSPS) is 16.8. The van der Waals surface area contributed by atoms with E-state index in [0.29, 0.717) is 5.92 Å². The van der Waals surface area contributed by atoms with E-state index in [4.69, 9.17) is 4.74 Å². The number of aromatic hydroxyl groups is 2. The van der Waals surface area contributed by atoms with Crippen LogP contribution in [0.15, 0.2) is 84.9 Å². The summed E-state index contributed by atoms with van der Waals surface area (Å²) in [5.74, 6) is 2.70. The van der Waals surface area contributed by atoms with Gasteiger partial charge in [0.05, 0.1) is 5.41 Å². The van der Waals surface area contributed by atoms with Crippen molar-refractivity contribution in [3.05, 3.63) is 107 Å². The summed E-state index contributed by atoms with van der Waals surface area (Å²) in [6.45, 7) is 2.26. The Hall–Kier alpha value is -3.98. The maximum atomic E-state index is 10.5. The number of phenols is 2. The SMILES string of the molecule is CC1(c2ccc(C3CCCCC3)cc2)c2c(ccc3ccc(O)cc23)Oc2ccc3ccc(O)cc3c21. The van der Waals surface area contributed by atoms with Crippen molar-refractivity contribution in [1.82, 2.24) is 0 Å². The van der Waals surface area contributed by atoms with Crippen LogP contribution >= 0.6 is 0 Å². The molecular weight excluding hydrogens is 456 g/mol. The monoisotopic (exact) mass is 486 g/mol. The average Bonchev–Trinajstić information content (AvgIpc) is 2.93. The molecule has 0 unspecified atom stereocenters. The molecule has 1 aliphatic carbocycles. The van der Waals surface area contributed by atoms with Gasteiger partial charge in [-0.05, 0) is 94.8 Å². The Labute approximate surface area is 217 Å². The number of fused-ring (bicyclic) bond motifs is 6. The highest BCUT2D eigenvalue weighted by molar-refractivity contribution is 5.97. The van der Waals surface area contributed by atoms with E-state index in [9.17, 15) is 10.2 Å². The van der Waals surface area contributed by atoms with Crippen LogP contribution in [-0.4, -0.2) is 10.2 Å². The Bertz CT molecular complexity index is 1570. The van der Waals surface area contributed by atoms with Crippen molar-refractivity contribution >= 4 is 21.5 Å². The van der Waals surface area contributed by atoms with E-state index in [1.165, 1.54) is 43.2 Å². The third kappa shape index (κ3) is 3.41. The van der Waals surface area contributed by atoms with E-state index >= 15 is 0 Å². The number of rotatable bonds is 2. The Morgan fingerprint density at radius 2 is 1.16 bits per heavy atom. The molecule has 0 radical (unpaired) electrons. The van der Waals surface area contributed by atoms with Gasteiger partial charge in [0.25, 0.3) is 0 Å². The topological polar surface area (TPSA) is 49.7 Å². The van der Waals surface area contributed by atoms with Crippen molar-refractivity contribution in [3.63, 3.8) is 0 Å². The first-order valence-electron chi connectivity index (χ1n) is 13.3. The van der Waals surface area contributed by atoms with E-state index in [-0.39, 0.29) is 11.5 Å². The van der Waals surface area contributed by atoms with Gasteiger partial charge in [-0.1, -0.05) is 67.8 Å². The average molecular weight is 487 g/mol. The van der Waals surface area contributed by atoms with Gasteiger partial charge in [-0.25, -0.2) is 0 Å². The highest BCUT2D eigenvalue weighted by atomic mass is 16.5. The first-order valence-corrected chi connectivity index (χ1v) is 13.3.